The molecule has 0 atom stereocenters. The van der Waals surface area contributed by atoms with Crippen LogP contribution in [0.4, 0.5) is 5.69 Å². The quantitative estimate of drug-likeness (QED) is 0.704. The van der Waals surface area contributed by atoms with Crippen molar-refractivity contribution in [1.29, 1.82) is 0 Å². The number of hydrogen-bond acceptors (Lipinski definition) is 1. The van der Waals surface area contributed by atoms with Crippen molar-refractivity contribution in [3.63, 3.8) is 0 Å². The molecule has 0 aliphatic rings. The van der Waals surface area contributed by atoms with Crippen LogP contribution in [0.1, 0.15) is 22.4 Å². The van der Waals surface area contributed by atoms with E-state index in [1.165, 1.54) is 0 Å². The van der Waals surface area contributed by atoms with Crippen molar-refractivity contribution in [3.05, 3.63) is 63.8 Å². The van der Waals surface area contributed by atoms with E-state index in [2.05, 4.69) is 10.3 Å². The molecule has 0 bridgehead atoms. The number of aromatic amines is 1. The molecule has 0 saturated carbocycles. The zero-order chi connectivity index (χ0) is 16.6. The van der Waals surface area contributed by atoms with Gasteiger partial charge in [-0.15, -0.1) is 0 Å². The highest BCUT2D eigenvalue weighted by Gasteiger charge is 2.14. The average Bonchev–Trinajstić information content (AvgIpc) is 2.79. The van der Waals surface area contributed by atoms with E-state index in [0.717, 1.165) is 33.3 Å². The Balaban J connectivity index is 1.86. The van der Waals surface area contributed by atoms with Crippen LogP contribution in [-0.4, -0.2) is 10.9 Å². The number of nitrogens with one attached hydrogen (secondary N) is 2. The molecule has 2 aromatic carbocycles. The minimum atomic E-state index is -0.0632. The molecule has 0 aliphatic heterocycles. The van der Waals surface area contributed by atoms with Crippen LogP contribution >= 0.6 is 11.6 Å². The molecule has 0 fully saturated rings. The van der Waals surface area contributed by atoms with Crippen LogP contribution in [0.25, 0.3) is 10.9 Å². The molecule has 4 heteroatoms. The van der Waals surface area contributed by atoms with Crippen LogP contribution < -0.4 is 5.32 Å². The molecule has 23 heavy (non-hydrogen) atoms. The lowest BCUT2D eigenvalue weighted by Gasteiger charge is -2.11. The number of hydrogen-bond donors (Lipinski definition) is 2. The number of fused-ring (bicyclic) bond motifs is 1. The molecule has 1 amide bonds. The fourth-order valence-electron chi connectivity index (χ4n) is 2.98. The first-order valence-electron chi connectivity index (χ1n) is 7.58. The van der Waals surface area contributed by atoms with Gasteiger partial charge in [0.05, 0.1) is 17.1 Å². The van der Waals surface area contributed by atoms with Gasteiger partial charge in [-0.1, -0.05) is 35.9 Å². The molecular weight excluding hydrogens is 308 g/mol. The first kappa shape index (κ1) is 15.6. The predicted molar refractivity (Wildman–Crippen MR) is 96.3 cm³/mol. The maximum Gasteiger partial charge on any atom is 0.228 e. The van der Waals surface area contributed by atoms with Gasteiger partial charge in [0.15, 0.2) is 0 Å². The van der Waals surface area contributed by atoms with Crippen LogP contribution in [0, 0.1) is 20.8 Å². The third-order valence-electron chi connectivity index (χ3n) is 4.06. The summed E-state index contributed by atoms with van der Waals surface area (Å²) in [4.78, 5) is 15.8. The summed E-state index contributed by atoms with van der Waals surface area (Å²) >= 11 is 6.27. The smallest absolute Gasteiger partial charge is 0.228 e. The first-order valence-corrected chi connectivity index (χ1v) is 7.96. The van der Waals surface area contributed by atoms with Gasteiger partial charge in [0.25, 0.3) is 0 Å². The van der Waals surface area contributed by atoms with Crippen molar-refractivity contribution >= 4 is 34.1 Å². The summed E-state index contributed by atoms with van der Waals surface area (Å²) in [6.07, 6.45) is 0.319. The van der Waals surface area contributed by atoms with E-state index in [4.69, 9.17) is 11.6 Å². The molecule has 3 rings (SSSR count). The second-order valence-electron chi connectivity index (χ2n) is 5.94. The summed E-state index contributed by atoms with van der Waals surface area (Å²) in [5, 5.41) is 4.62. The van der Waals surface area contributed by atoms with Crippen LogP contribution in [0.2, 0.25) is 5.02 Å². The Morgan fingerprint density at radius 3 is 2.65 bits per heavy atom. The molecule has 1 aromatic heterocycles. The van der Waals surface area contributed by atoms with Gasteiger partial charge >= 0.3 is 0 Å². The van der Waals surface area contributed by atoms with Crippen molar-refractivity contribution in [1.82, 2.24) is 4.98 Å². The molecule has 3 aromatic rings. The fraction of sp³-hybridized carbons (Fsp3) is 0.211. The van der Waals surface area contributed by atoms with E-state index in [1.807, 2.05) is 57.2 Å². The van der Waals surface area contributed by atoms with E-state index < -0.39 is 0 Å². The first-order chi connectivity index (χ1) is 11.0. The summed E-state index contributed by atoms with van der Waals surface area (Å²) in [6, 6.07) is 11.9. The largest absolute Gasteiger partial charge is 0.358 e. The lowest BCUT2D eigenvalue weighted by molar-refractivity contribution is -0.115. The van der Waals surface area contributed by atoms with E-state index in [9.17, 15) is 4.79 Å². The number of carbonyl (C=O) groups is 1. The highest BCUT2D eigenvalue weighted by atomic mass is 35.5. The topological polar surface area (TPSA) is 44.9 Å². The molecule has 2 N–H and O–H groups in total. The number of aryl methyl sites for hydroxylation is 3. The Kier molecular flexibility index (Phi) is 4.14. The van der Waals surface area contributed by atoms with Crippen LogP contribution in [0.5, 0.6) is 0 Å². The zero-order valence-electron chi connectivity index (χ0n) is 13.5. The van der Waals surface area contributed by atoms with Gasteiger partial charge in [-0.2, -0.15) is 0 Å². The number of rotatable bonds is 3. The molecule has 0 unspecified atom stereocenters. The predicted octanol–water partition coefficient (Wildman–Crippen LogP) is 4.93. The second-order valence-corrected chi connectivity index (χ2v) is 6.34. The second kappa shape index (κ2) is 6.09. The number of amides is 1. The molecule has 0 saturated heterocycles. The van der Waals surface area contributed by atoms with E-state index in [0.29, 0.717) is 17.1 Å². The Labute approximate surface area is 140 Å². The van der Waals surface area contributed by atoms with Gasteiger partial charge in [0.1, 0.15) is 0 Å². The third kappa shape index (κ3) is 3.10. The number of H-pyrrole nitrogens is 1. The molecule has 1 heterocycles. The van der Waals surface area contributed by atoms with Gasteiger partial charge in [-0.05, 0) is 49.6 Å². The Morgan fingerprint density at radius 2 is 1.91 bits per heavy atom. The average molecular weight is 327 g/mol. The fourth-order valence-corrected chi connectivity index (χ4v) is 3.35. The van der Waals surface area contributed by atoms with Crippen LogP contribution in [-0.2, 0) is 11.2 Å². The highest BCUT2D eigenvalue weighted by molar-refractivity contribution is 6.34. The van der Waals surface area contributed by atoms with Crippen molar-refractivity contribution in [2.45, 2.75) is 27.2 Å². The summed E-state index contributed by atoms with van der Waals surface area (Å²) in [5.74, 6) is -0.0632. The number of aromatic nitrogens is 1. The number of para-hydroxylation sites is 1. The monoisotopic (exact) mass is 326 g/mol. The number of halogens is 1. The van der Waals surface area contributed by atoms with Gasteiger partial charge in [0, 0.05) is 16.6 Å². The van der Waals surface area contributed by atoms with Gasteiger partial charge in [0.2, 0.25) is 5.91 Å². The molecular formula is C19H19ClN2O. The SMILES string of the molecule is Cc1cc(C)c(NC(=O)Cc2c(C)[nH]c3ccccc23)c(Cl)c1. The maximum atomic E-state index is 12.5. The number of carbonyl (C=O) groups excluding carboxylic acids is 1. The summed E-state index contributed by atoms with van der Waals surface area (Å²) in [5.41, 5.74) is 5.85. The molecule has 118 valence electrons. The van der Waals surface area contributed by atoms with Crippen LogP contribution in [0.15, 0.2) is 36.4 Å². The normalized spacial score (nSPS) is 11.0. The lowest BCUT2D eigenvalue weighted by atomic mass is 10.1. The summed E-state index contributed by atoms with van der Waals surface area (Å²) < 4.78 is 0. The summed E-state index contributed by atoms with van der Waals surface area (Å²) in [7, 11) is 0. The minimum absolute atomic E-state index is 0.0632. The van der Waals surface area contributed by atoms with Gasteiger partial charge < -0.3 is 10.3 Å². The van der Waals surface area contributed by atoms with Gasteiger partial charge in [-0.25, -0.2) is 0 Å². The van der Waals surface area contributed by atoms with Crippen molar-refractivity contribution < 1.29 is 4.79 Å². The number of benzene rings is 2. The van der Waals surface area contributed by atoms with Crippen molar-refractivity contribution in [3.8, 4) is 0 Å². The molecule has 0 radical (unpaired) electrons. The van der Waals surface area contributed by atoms with Crippen molar-refractivity contribution in [2.24, 2.45) is 0 Å². The molecule has 0 aliphatic carbocycles. The third-order valence-corrected chi connectivity index (χ3v) is 4.36. The Morgan fingerprint density at radius 1 is 1.17 bits per heavy atom. The lowest BCUT2D eigenvalue weighted by Crippen LogP contribution is -2.16. The Bertz CT molecular complexity index is 873. The van der Waals surface area contributed by atoms with Crippen molar-refractivity contribution in [2.75, 3.05) is 5.32 Å². The number of anilines is 1. The van der Waals surface area contributed by atoms with Crippen LogP contribution in [0.3, 0.4) is 0 Å². The highest BCUT2D eigenvalue weighted by Crippen LogP contribution is 2.28. The maximum absolute atomic E-state index is 12.5. The van der Waals surface area contributed by atoms with E-state index in [-0.39, 0.29) is 5.91 Å². The minimum Gasteiger partial charge on any atom is -0.358 e. The standard InChI is InChI=1S/C19H19ClN2O/c1-11-8-12(2)19(16(20)9-11)22-18(23)10-15-13(3)21-17-7-5-4-6-14(15)17/h4-9,21H,10H2,1-3H3,(H,22,23). The van der Waals surface area contributed by atoms with Gasteiger partial charge in [-0.3, -0.25) is 4.79 Å². The Hall–Kier alpha value is -2.26. The zero-order valence-corrected chi connectivity index (χ0v) is 14.2. The molecule has 3 nitrogen and oxygen atoms in total. The van der Waals surface area contributed by atoms with E-state index in [1.54, 1.807) is 0 Å². The molecule has 0 spiro atoms. The van der Waals surface area contributed by atoms with E-state index >= 15 is 0 Å². The summed E-state index contributed by atoms with van der Waals surface area (Å²) in [6.45, 7) is 5.93.